The lowest BCUT2D eigenvalue weighted by Gasteiger charge is -2.36. The Labute approximate surface area is 723 Å². The summed E-state index contributed by atoms with van der Waals surface area (Å²) in [5.41, 5.74) is 20.7. The molecule has 6 atom stereocenters. The predicted molar refractivity (Wildman–Crippen MR) is 488 cm³/mol. The number of hydrogen-bond acceptors (Lipinski definition) is 26. The Morgan fingerprint density at radius 2 is 0.870 bits per heavy atom. The van der Waals surface area contributed by atoms with E-state index in [-0.39, 0.29) is 61.9 Å². The number of hydrogen-bond donors (Lipinski definition) is 11. The van der Waals surface area contributed by atoms with Gasteiger partial charge in [-0.3, -0.25) is 4.79 Å². The Hall–Kier alpha value is -11.6. The highest BCUT2D eigenvalue weighted by Crippen LogP contribution is 2.35. The van der Waals surface area contributed by atoms with Crippen LogP contribution in [0.5, 0.6) is 0 Å². The molecular weight excluding hydrogens is 1620 g/mol. The SMILES string of the molecule is CCc1cnn2c(NCc3ccc4c(c3)ncn4C)cc(N3CCCC[C@H]3CCO)nc12.CCc1cnn2c(NCc3ccc4c(c3)ncn4C)cc(N[C@H]3CCCC[C@H]3CO)nc12.CCc1cnn2c(NCc3ccn(CC)c(=O)c3)cc(N[C@H]3CCCC[C@H]3CO)nc12.Nc1ncc(CNc2cc(N3CCCC[C@H]3CCO)nc3c(Br)cnn23)cn1. The number of aliphatic hydroxyl groups is 4. The van der Waals surface area contributed by atoms with Gasteiger partial charge in [-0.25, -0.2) is 39.9 Å². The van der Waals surface area contributed by atoms with Crippen molar-refractivity contribution < 1.29 is 20.4 Å². The highest BCUT2D eigenvalue weighted by molar-refractivity contribution is 9.10. The zero-order chi connectivity index (χ0) is 85.5. The molecule has 4 aliphatic rings. The van der Waals surface area contributed by atoms with Crippen molar-refractivity contribution in [2.45, 2.75) is 207 Å². The minimum absolute atomic E-state index is 0.00346. The predicted octanol–water partition coefficient (Wildman–Crippen LogP) is 12.6. The molecule has 14 heterocycles. The molecule has 2 saturated heterocycles. The summed E-state index contributed by atoms with van der Waals surface area (Å²) in [5.74, 6) is 7.75. The van der Waals surface area contributed by atoms with Gasteiger partial charge in [0.2, 0.25) is 5.95 Å². The standard InChI is InChI=1S/2C24H31N7O.C23H32N6O2.C18H23BrN8O/c1-3-18-15-27-31-22(25-14-17-7-8-21-20(12-17)26-16-29(21)2)13-23(28-24(18)31)30-10-5-4-6-19(30)9-11-32;1-3-17-13-27-31-23(25-12-16-8-9-21-20(10-16)26-15-30(21)2)11-22(29-24(17)31)28-19-7-5-4-6-18(19)14-32;1-3-17-14-25-29-21(24-13-16-9-10-28(4-2)22(31)11-16)12-20(27-23(17)29)26-19-8-6-5-7-18(19)15-30;19-14-11-24-27-15(21-8-12-9-22-18(20)23-10-12)7-16(25-17(14)27)26-5-2-1-3-13(26)4-6-28/h7-8,12-13,15-16,19,25,32H,3-6,9-11,14H2,1-2H3;8-11,13,15,18-19,25,32H,3-7,12,14H2,1-2H3,(H,28,29);9-12,14,18-19,24,30H,3-8,13,15H2,1-2H3,(H,26,27);7,9-11,13,21,28H,1-6,8H2,(H2,20,22,23)/t19-;2*18-,19-;13-/m0000/s1. The van der Waals surface area contributed by atoms with Gasteiger partial charge in [-0.2, -0.15) is 38.5 Å². The van der Waals surface area contributed by atoms with Gasteiger partial charge in [0.1, 0.15) is 46.5 Å². The molecule has 18 rings (SSSR count). The van der Waals surface area contributed by atoms with Crippen LogP contribution in [0.3, 0.4) is 0 Å². The maximum Gasteiger partial charge on any atom is 0.250 e. The molecule has 2 aliphatic heterocycles. The van der Waals surface area contributed by atoms with Crippen molar-refractivity contribution in [3.8, 4) is 0 Å². The van der Waals surface area contributed by atoms with Gasteiger partial charge in [-0.05, 0) is 166 Å². The number of aromatic nitrogens is 19. The Bertz CT molecular complexity index is 5910. The van der Waals surface area contributed by atoms with Crippen LogP contribution in [-0.4, -0.2) is 176 Å². The number of imidazole rings is 2. The molecule has 12 N–H and O–H groups in total. The average Bonchev–Trinajstić information content (AvgIpc) is 1.69. The fourth-order valence-electron chi connectivity index (χ4n) is 17.5. The van der Waals surface area contributed by atoms with E-state index in [1.165, 1.54) is 37.7 Å². The van der Waals surface area contributed by atoms with Gasteiger partial charge in [-0.15, -0.1) is 0 Å². The molecule has 650 valence electrons. The third-order valence-electron chi connectivity index (χ3n) is 24.5. The molecule has 14 aromatic rings. The first-order chi connectivity index (χ1) is 60.1. The second-order valence-corrected chi connectivity index (χ2v) is 33.5. The van der Waals surface area contributed by atoms with E-state index in [0.29, 0.717) is 44.8 Å². The quantitative estimate of drug-likeness (QED) is 0.0217. The maximum atomic E-state index is 12.1. The largest absolute Gasteiger partial charge is 0.396 e. The van der Waals surface area contributed by atoms with E-state index >= 15 is 0 Å². The number of aliphatic hydroxyl groups excluding tert-OH is 4. The number of nitrogens with two attached hydrogens (primary N) is 1. The third kappa shape index (κ3) is 20.2. The smallest absolute Gasteiger partial charge is 0.250 e. The van der Waals surface area contributed by atoms with Crippen LogP contribution in [0.4, 0.5) is 52.5 Å². The number of aryl methyl sites for hydroxylation is 6. The molecule has 0 unspecified atom stereocenters. The van der Waals surface area contributed by atoms with Crippen LogP contribution in [0.15, 0.2) is 138 Å². The number of halogens is 1. The molecule has 0 amide bonds. The first-order valence-corrected chi connectivity index (χ1v) is 44.6. The van der Waals surface area contributed by atoms with Crippen molar-refractivity contribution in [1.82, 2.24) is 92.0 Å². The molecule has 4 fully saturated rings. The molecule has 0 bridgehead atoms. The van der Waals surface area contributed by atoms with E-state index < -0.39 is 0 Å². The summed E-state index contributed by atoms with van der Waals surface area (Å²) >= 11 is 3.54. The third-order valence-corrected chi connectivity index (χ3v) is 25.1. The van der Waals surface area contributed by atoms with Crippen molar-refractivity contribution in [3.63, 3.8) is 0 Å². The number of nitrogens with one attached hydrogen (secondary N) is 6. The van der Waals surface area contributed by atoms with Crippen LogP contribution in [0.25, 0.3) is 44.7 Å². The van der Waals surface area contributed by atoms with Crippen molar-refractivity contribution in [1.29, 1.82) is 0 Å². The van der Waals surface area contributed by atoms with Gasteiger partial charge in [0.25, 0.3) is 5.56 Å². The first-order valence-electron chi connectivity index (χ1n) is 43.8. The van der Waals surface area contributed by atoms with Crippen LogP contribution in [0, 0.1) is 11.8 Å². The van der Waals surface area contributed by atoms with E-state index in [1.54, 1.807) is 33.7 Å². The molecule has 2 aromatic carbocycles. The van der Waals surface area contributed by atoms with E-state index in [9.17, 15) is 25.2 Å². The zero-order valence-electron chi connectivity index (χ0n) is 71.3. The van der Waals surface area contributed by atoms with E-state index in [4.69, 9.17) is 25.7 Å². The first kappa shape index (κ1) is 86.4. The highest BCUT2D eigenvalue weighted by Gasteiger charge is 2.30. The van der Waals surface area contributed by atoms with Crippen LogP contribution < -0.4 is 53.0 Å². The fourth-order valence-corrected chi connectivity index (χ4v) is 17.8. The normalized spacial score (nSPS) is 18.0. The summed E-state index contributed by atoms with van der Waals surface area (Å²) < 4.78 is 14.0. The van der Waals surface area contributed by atoms with Gasteiger partial charge in [-0.1, -0.05) is 58.6 Å². The Balaban J connectivity index is 0.000000127. The number of nitrogen functional groups attached to an aromatic ring is 1. The van der Waals surface area contributed by atoms with E-state index in [2.05, 4.69) is 161 Å². The Morgan fingerprint density at radius 1 is 0.455 bits per heavy atom. The maximum absolute atomic E-state index is 12.1. The number of piperidine rings is 2. The molecule has 2 saturated carbocycles. The summed E-state index contributed by atoms with van der Waals surface area (Å²) in [6, 6.07) is 25.6. The minimum Gasteiger partial charge on any atom is -0.396 e. The molecule has 12 aromatic heterocycles. The van der Waals surface area contributed by atoms with Gasteiger partial charge < -0.3 is 81.6 Å². The second kappa shape index (κ2) is 40.6. The Kier molecular flexibility index (Phi) is 28.5. The number of nitrogens with zero attached hydrogens (tertiary/aromatic N) is 21. The van der Waals surface area contributed by atoms with E-state index in [0.717, 1.165) is 232 Å². The highest BCUT2D eigenvalue weighted by atomic mass is 79.9. The van der Waals surface area contributed by atoms with Gasteiger partial charge in [0.15, 0.2) is 22.6 Å². The van der Waals surface area contributed by atoms with Crippen LogP contribution in [0.2, 0.25) is 0 Å². The number of pyridine rings is 1. The molecule has 33 nitrogen and oxygen atoms in total. The van der Waals surface area contributed by atoms with Crippen LogP contribution in [0.1, 0.15) is 169 Å². The summed E-state index contributed by atoms with van der Waals surface area (Å²) in [4.78, 5) is 53.4. The lowest BCUT2D eigenvalue weighted by atomic mass is 9.85. The molecule has 0 radical (unpaired) electrons. The monoisotopic (exact) mass is 1740 g/mol. The molecule has 34 heteroatoms. The lowest BCUT2D eigenvalue weighted by Crippen LogP contribution is -2.40. The fraction of sp³-hybridized carbons (Fsp3) is 0.472. The van der Waals surface area contributed by atoms with Crippen molar-refractivity contribution in [3.05, 3.63) is 183 Å². The summed E-state index contributed by atoms with van der Waals surface area (Å²) in [7, 11) is 4.02. The number of anilines is 9. The number of fused-ring (bicyclic) bond motifs is 6. The van der Waals surface area contributed by atoms with E-state index in [1.807, 2.05) is 105 Å². The van der Waals surface area contributed by atoms with Crippen LogP contribution >= 0.6 is 15.9 Å². The zero-order valence-corrected chi connectivity index (χ0v) is 72.9. The average molecular weight is 1740 g/mol. The van der Waals surface area contributed by atoms with Gasteiger partial charge in [0, 0.05) is 194 Å². The molecular formula is C89H117BrN28O5. The molecule has 123 heavy (non-hydrogen) atoms. The number of rotatable bonds is 28. The van der Waals surface area contributed by atoms with Crippen LogP contribution in [-0.2, 0) is 66.1 Å². The van der Waals surface area contributed by atoms with Crippen molar-refractivity contribution in [2.75, 3.05) is 87.0 Å². The Morgan fingerprint density at radius 3 is 1.32 bits per heavy atom. The molecule has 0 spiro atoms. The topological polar surface area (TPSA) is 390 Å². The molecule has 2 aliphatic carbocycles. The minimum atomic E-state index is 0.00346. The van der Waals surface area contributed by atoms with Crippen molar-refractivity contribution >= 4 is 113 Å². The summed E-state index contributed by atoms with van der Waals surface area (Å²) in [6.07, 6.45) is 36.2. The second-order valence-electron chi connectivity index (χ2n) is 32.6. The van der Waals surface area contributed by atoms with Gasteiger partial charge in [0.05, 0.1) is 64.0 Å². The number of benzene rings is 2. The van der Waals surface area contributed by atoms with Gasteiger partial charge >= 0.3 is 0 Å². The summed E-state index contributed by atoms with van der Waals surface area (Å²) in [6.45, 7) is 14.1. The summed E-state index contributed by atoms with van der Waals surface area (Å²) in [5, 5.41) is 77.9. The lowest BCUT2D eigenvalue weighted by molar-refractivity contribution is 0.178. The van der Waals surface area contributed by atoms with Crippen molar-refractivity contribution in [2.24, 2.45) is 25.9 Å².